The van der Waals surface area contributed by atoms with E-state index < -0.39 is 0 Å². The zero-order valence-electron chi connectivity index (χ0n) is 9.74. The number of rotatable bonds is 3. The van der Waals surface area contributed by atoms with E-state index >= 15 is 0 Å². The Kier molecular flexibility index (Phi) is 3.30. The number of hydrogen-bond acceptors (Lipinski definition) is 4. The third-order valence-electron chi connectivity index (χ3n) is 2.68. The molecule has 2 heterocycles. The van der Waals surface area contributed by atoms with Gasteiger partial charge in [-0.2, -0.15) is 0 Å². The zero-order chi connectivity index (χ0) is 11.7. The Labute approximate surface area is 105 Å². The average Bonchev–Trinajstić information content (AvgIpc) is 2.63. The average molecular weight is 253 g/mol. The molecule has 0 amide bonds. The molecule has 0 saturated carbocycles. The molecule has 0 aliphatic heterocycles. The lowest BCUT2D eigenvalue weighted by Crippen LogP contribution is -2.21. The fourth-order valence-corrected chi connectivity index (χ4v) is 2.96. The summed E-state index contributed by atoms with van der Waals surface area (Å²) in [5, 5.41) is 2.09. The van der Waals surface area contributed by atoms with E-state index in [0.717, 1.165) is 33.8 Å². The molecule has 4 heteroatoms. The molecule has 86 valence electrons. The van der Waals surface area contributed by atoms with Crippen LogP contribution in [0.5, 0.6) is 0 Å². The molecule has 2 aromatic rings. The molecular formula is C12H15NOS2. The highest BCUT2D eigenvalue weighted by molar-refractivity contribution is 7.72. The summed E-state index contributed by atoms with van der Waals surface area (Å²) in [5.41, 5.74) is 2.11. The van der Waals surface area contributed by atoms with Crippen LogP contribution in [-0.4, -0.2) is 13.1 Å². The highest BCUT2D eigenvalue weighted by Gasteiger charge is 2.10. The zero-order valence-corrected chi connectivity index (χ0v) is 11.4. The number of nitrogens with zero attached hydrogens (tertiary/aromatic N) is 1. The minimum Gasteiger partial charge on any atom is -0.439 e. The van der Waals surface area contributed by atoms with Crippen molar-refractivity contribution in [2.45, 2.75) is 20.8 Å². The van der Waals surface area contributed by atoms with Gasteiger partial charge < -0.3 is 9.32 Å². The summed E-state index contributed by atoms with van der Waals surface area (Å²) < 4.78 is 7.90. The Morgan fingerprint density at radius 1 is 1.38 bits per heavy atom. The molecule has 0 spiro atoms. The summed E-state index contributed by atoms with van der Waals surface area (Å²) in [6.45, 7) is 8.16. The summed E-state index contributed by atoms with van der Waals surface area (Å²) in [6, 6.07) is 1.96. The van der Waals surface area contributed by atoms with Crippen molar-refractivity contribution in [3.05, 3.63) is 21.5 Å². The fourth-order valence-electron chi connectivity index (χ4n) is 1.73. The van der Waals surface area contributed by atoms with Crippen LogP contribution in [-0.2, 0) is 0 Å². The summed E-state index contributed by atoms with van der Waals surface area (Å²) >= 11 is 7.05. The van der Waals surface area contributed by atoms with Crippen LogP contribution in [0.3, 0.4) is 0 Å². The van der Waals surface area contributed by atoms with E-state index in [1.54, 1.807) is 11.3 Å². The highest BCUT2D eigenvalue weighted by Crippen LogP contribution is 2.30. The number of hydrogen-bond donors (Lipinski definition) is 0. The Morgan fingerprint density at radius 2 is 2.06 bits per heavy atom. The Balaban J connectivity index is 2.64. The second kappa shape index (κ2) is 4.55. The lowest BCUT2D eigenvalue weighted by atomic mass is 10.3. The molecule has 2 nitrogen and oxygen atoms in total. The van der Waals surface area contributed by atoms with Gasteiger partial charge in [0.25, 0.3) is 0 Å². The van der Waals surface area contributed by atoms with Gasteiger partial charge in [-0.15, -0.1) is 11.3 Å². The minimum atomic E-state index is 0.879. The van der Waals surface area contributed by atoms with Gasteiger partial charge >= 0.3 is 0 Å². The fraction of sp³-hybridized carbons (Fsp3) is 0.417. The first-order valence-electron chi connectivity index (χ1n) is 5.44. The van der Waals surface area contributed by atoms with E-state index in [4.69, 9.17) is 16.6 Å². The van der Waals surface area contributed by atoms with E-state index in [2.05, 4.69) is 31.1 Å². The molecule has 0 unspecified atom stereocenters. The smallest absolute Gasteiger partial charge is 0.197 e. The maximum atomic E-state index is 5.93. The molecule has 2 aromatic heterocycles. The van der Waals surface area contributed by atoms with E-state index in [0.29, 0.717) is 0 Å². The summed E-state index contributed by atoms with van der Waals surface area (Å²) in [7, 11) is 0. The van der Waals surface area contributed by atoms with Crippen LogP contribution < -0.4 is 4.90 Å². The van der Waals surface area contributed by atoms with Gasteiger partial charge in [-0.3, -0.25) is 0 Å². The first-order chi connectivity index (χ1) is 7.67. The molecule has 0 aliphatic rings. The van der Waals surface area contributed by atoms with Crippen LogP contribution in [0.15, 0.2) is 15.9 Å². The molecule has 0 aliphatic carbocycles. The van der Waals surface area contributed by atoms with Crippen molar-refractivity contribution in [3.63, 3.8) is 0 Å². The Morgan fingerprint density at radius 3 is 2.69 bits per heavy atom. The van der Waals surface area contributed by atoms with Crippen molar-refractivity contribution >= 4 is 39.7 Å². The quantitative estimate of drug-likeness (QED) is 0.755. The van der Waals surface area contributed by atoms with Gasteiger partial charge in [0.1, 0.15) is 0 Å². The largest absolute Gasteiger partial charge is 0.439 e. The van der Waals surface area contributed by atoms with Crippen LogP contribution in [0.25, 0.3) is 10.3 Å². The minimum absolute atomic E-state index is 0.879. The Hall–Kier alpha value is -0.870. The monoisotopic (exact) mass is 253 g/mol. The molecule has 0 aromatic carbocycles. The van der Waals surface area contributed by atoms with Crippen molar-refractivity contribution in [3.8, 4) is 0 Å². The van der Waals surface area contributed by atoms with Gasteiger partial charge in [0.05, 0.1) is 9.21 Å². The highest BCUT2D eigenvalue weighted by atomic mass is 32.1. The van der Waals surface area contributed by atoms with Crippen LogP contribution in [0.2, 0.25) is 0 Å². The third-order valence-corrected chi connectivity index (χ3v) is 4.24. The molecule has 0 atom stereocenters. The van der Waals surface area contributed by atoms with Crippen molar-refractivity contribution < 1.29 is 4.42 Å². The predicted octanol–water partition coefficient (Wildman–Crippen LogP) is 4.38. The van der Waals surface area contributed by atoms with Crippen LogP contribution >= 0.6 is 23.6 Å². The standard InChI is InChI=1S/C12H15NOS2/c1-4-13(5-2)10-6-9(15)12-11(14-10)8(3)7-16-12/h6-7H,4-5H2,1-3H3. The maximum Gasteiger partial charge on any atom is 0.197 e. The van der Waals surface area contributed by atoms with Crippen LogP contribution in [0.1, 0.15) is 19.4 Å². The number of thiophene rings is 1. The molecule has 16 heavy (non-hydrogen) atoms. The lowest BCUT2D eigenvalue weighted by Gasteiger charge is -2.18. The van der Waals surface area contributed by atoms with Crippen LogP contribution in [0, 0.1) is 11.4 Å². The van der Waals surface area contributed by atoms with Gasteiger partial charge in [0, 0.05) is 24.7 Å². The first kappa shape index (κ1) is 11.6. The maximum absolute atomic E-state index is 5.93. The van der Waals surface area contributed by atoms with Crippen molar-refractivity contribution in [2.75, 3.05) is 18.0 Å². The first-order valence-corrected chi connectivity index (χ1v) is 6.73. The molecule has 0 radical (unpaired) electrons. The van der Waals surface area contributed by atoms with Gasteiger partial charge in [-0.1, -0.05) is 12.2 Å². The van der Waals surface area contributed by atoms with E-state index in [1.807, 2.05) is 6.07 Å². The molecular weight excluding hydrogens is 238 g/mol. The summed E-state index contributed by atoms with van der Waals surface area (Å²) in [4.78, 5) is 2.17. The normalized spacial score (nSPS) is 10.9. The van der Waals surface area contributed by atoms with Crippen molar-refractivity contribution in [2.24, 2.45) is 0 Å². The van der Waals surface area contributed by atoms with E-state index in [1.165, 1.54) is 5.56 Å². The van der Waals surface area contributed by atoms with Gasteiger partial charge in [-0.05, 0) is 26.2 Å². The molecule has 0 fully saturated rings. The number of fused-ring (bicyclic) bond motifs is 1. The van der Waals surface area contributed by atoms with Gasteiger partial charge in [0.2, 0.25) is 0 Å². The van der Waals surface area contributed by atoms with Crippen LogP contribution in [0.4, 0.5) is 5.88 Å². The molecule has 0 N–H and O–H groups in total. The van der Waals surface area contributed by atoms with Gasteiger partial charge in [0.15, 0.2) is 11.5 Å². The number of anilines is 1. The SMILES string of the molecule is CCN(CC)c1cc(=S)c2scc(C)c2o1. The molecule has 0 bridgehead atoms. The molecule has 2 rings (SSSR count). The van der Waals surface area contributed by atoms with E-state index in [-0.39, 0.29) is 0 Å². The van der Waals surface area contributed by atoms with Crippen molar-refractivity contribution in [1.29, 1.82) is 0 Å². The van der Waals surface area contributed by atoms with Gasteiger partial charge in [-0.25, -0.2) is 0 Å². The Bertz CT molecular complexity index is 552. The topological polar surface area (TPSA) is 16.4 Å². The number of aryl methyl sites for hydroxylation is 1. The summed E-state index contributed by atoms with van der Waals surface area (Å²) in [6.07, 6.45) is 0. The molecule has 0 saturated heterocycles. The van der Waals surface area contributed by atoms with E-state index in [9.17, 15) is 0 Å². The van der Waals surface area contributed by atoms with Crippen molar-refractivity contribution in [1.82, 2.24) is 0 Å². The third kappa shape index (κ3) is 1.87. The lowest BCUT2D eigenvalue weighted by molar-refractivity contribution is 0.578. The second-order valence-electron chi connectivity index (χ2n) is 3.70. The summed E-state index contributed by atoms with van der Waals surface area (Å²) in [5.74, 6) is 0.879. The predicted molar refractivity (Wildman–Crippen MR) is 73.2 cm³/mol. The second-order valence-corrected chi connectivity index (χ2v) is 5.02.